The molecule has 5 nitrogen and oxygen atoms in total. The van der Waals surface area contributed by atoms with Crippen LogP contribution in [0.3, 0.4) is 0 Å². The lowest BCUT2D eigenvalue weighted by Gasteiger charge is -2.14. The third-order valence-electron chi connectivity index (χ3n) is 3.15. The fourth-order valence-corrected chi connectivity index (χ4v) is 2.47. The van der Waals surface area contributed by atoms with E-state index in [1.165, 1.54) is 25.7 Å². The number of allylic oxidation sites excluding steroid dienone is 1. The van der Waals surface area contributed by atoms with Gasteiger partial charge < -0.3 is 15.2 Å². The average Bonchev–Trinajstić information content (AvgIpc) is 2.96. The van der Waals surface area contributed by atoms with Gasteiger partial charge in [0.05, 0.1) is 11.7 Å². The summed E-state index contributed by atoms with van der Waals surface area (Å²) in [6.45, 7) is 1.72. The number of nitrogens with zero attached hydrogens (tertiary/aromatic N) is 2. The van der Waals surface area contributed by atoms with Gasteiger partial charge in [0.2, 0.25) is 5.88 Å². The lowest BCUT2D eigenvalue weighted by Crippen LogP contribution is -2.32. The number of hydrogen-bond acceptors (Lipinski definition) is 6. The molecule has 1 heterocycles. The molecule has 1 aromatic heterocycles. The topological polar surface area (TPSA) is 67.3 Å². The summed E-state index contributed by atoms with van der Waals surface area (Å²) in [7, 11) is 0. The highest BCUT2D eigenvalue weighted by Gasteiger charge is 2.07. The molecule has 0 amide bonds. The number of ether oxygens (including phenoxy) is 1. The van der Waals surface area contributed by atoms with Gasteiger partial charge in [-0.3, -0.25) is 0 Å². The monoisotopic (exact) mass is 283 g/mol. The van der Waals surface area contributed by atoms with Crippen LogP contribution in [0.1, 0.15) is 32.1 Å². The third-order valence-corrected chi connectivity index (χ3v) is 3.61. The van der Waals surface area contributed by atoms with Gasteiger partial charge in [0.15, 0.2) is 0 Å². The molecule has 0 saturated heterocycles. The van der Waals surface area contributed by atoms with E-state index >= 15 is 0 Å². The Labute approximate surface area is 118 Å². The average molecular weight is 283 g/mol. The molecule has 0 bridgehead atoms. The van der Waals surface area contributed by atoms with Gasteiger partial charge in [-0.2, -0.15) is 4.37 Å². The molecule has 1 aliphatic rings. The van der Waals surface area contributed by atoms with E-state index in [0.29, 0.717) is 12.4 Å². The van der Waals surface area contributed by atoms with Gasteiger partial charge >= 0.3 is 0 Å². The minimum absolute atomic E-state index is 0.251. The Morgan fingerprint density at radius 3 is 3.16 bits per heavy atom. The first-order chi connectivity index (χ1) is 9.34. The van der Waals surface area contributed by atoms with Crippen molar-refractivity contribution in [2.45, 2.75) is 38.2 Å². The molecule has 1 unspecified atom stereocenters. The molecule has 6 heteroatoms. The molecule has 0 fully saturated rings. The fraction of sp³-hybridized carbons (Fsp3) is 0.692. The smallest absolute Gasteiger partial charge is 0.245 e. The molecule has 0 spiro atoms. The number of nitrogens with one attached hydrogen (secondary N) is 1. The van der Waals surface area contributed by atoms with Crippen LogP contribution < -0.4 is 10.1 Å². The van der Waals surface area contributed by atoms with E-state index in [0.717, 1.165) is 24.7 Å². The van der Waals surface area contributed by atoms with Gasteiger partial charge in [0, 0.05) is 6.54 Å². The van der Waals surface area contributed by atoms with Crippen molar-refractivity contribution in [1.82, 2.24) is 14.1 Å². The van der Waals surface area contributed by atoms with Crippen molar-refractivity contribution in [1.29, 1.82) is 0 Å². The normalized spacial score (nSPS) is 17.0. The molecule has 0 saturated carbocycles. The molecule has 0 aliphatic heterocycles. The van der Waals surface area contributed by atoms with Crippen molar-refractivity contribution in [2.75, 3.05) is 19.7 Å². The highest BCUT2D eigenvalue weighted by molar-refractivity contribution is 6.99. The van der Waals surface area contributed by atoms with Gasteiger partial charge in [-0.05, 0) is 38.6 Å². The van der Waals surface area contributed by atoms with E-state index in [-0.39, 0.29) is 6.61 Å². The maximum Gasteiger partial charge on any atom is 0.245 e. The highest BCUT2D eigenvalue weighted by Crippen LogP contribution is 2.19. The maximum absolute atomic E-state index is 9.74. The Kier molecular flexibility index (Phi) is 6.26. The van der Waals surface area contributed by atoms with Gasteiger partial charge in [0.25, 0.3) is 0 Å². The zero-order valence-corrected chi connectivity index (χ0v) is 11.9. The van der Waals surface area contributed by atoms with Gasteiger partial charge in [-0.1, -0.05) is 11.6 Å². The van der Waals surface area contributed by atoms with Crippen LogP contribution in [-0.4, -0.2) is 39.7 Å². The zero-order valence-electron chi connectivity index (χ0n) is 11.0. The Morgan fingerprint density at radius 2 is 2.42 bits per heavy atom. The summed E-state index contributed by atoms with van der Waals surface area (Å²) in [6.07, 6.45) is 9.62. The predicted octanol–water partition coefficient (Wildman–Crippen LogP) is 1.76. The lowest BCUT2D eigenvalue weighted by atomic mass is 9.97. The van der Waals surface area contributed by atoms with E-state index in [9.17, 15) is 5.11 Å². The van der Waals surface area contributed by atoms with Crippen LogP contribution in [0.15, 0.2) is 17.8 Å². The van der Waals surface area contributed by atoms with Crippen molar-refractivity contribution in [3.8, 4) is 5.88 Å². The van der Waals surface area contributed by atoms with E-state index < -0.39 is 6.10 Å². The summed E-state index contributed by atoms with van der Waals surface area (Å²) in [4.78, 5) is 0. The molecule has 19 heavy (non-hydrogen) atoms. The van der Waals surface area contributed by atoms with Gasteiger partial charge in [-0.15, -0.1) is 4.37 Å². The molecular weight excluding hydrogens is 262 g/mol. The van der Waals surface area contributed by atoms with E-state index in [2.05, 4.69) is 20.1 Å². The standard InChI is InChI=1S/C13H21N3O2S/c17-12(10-18-13-9-15-19-16-13)8-14-7-6-11-4-2-1-3-5-11/h4,9,12,14,17H,1-3,5-8,10H2. The Hall–Kier alpha value is -0.980. The molecule has 1 aromatic rings. The second-order valence-electron chi connectivity index (χ2n) is 4.77. The van der Waals surface area contributed by atoms with E-state index in [1.54, 1.807) is 11.8 Å². The first-order valence-corrected chi connectivity index (χ1v) is 7.54. The van der Waals surface area contributed by atoms with Gasteiger partial charge in [-0.25, -0.2) is 0 Å². The van der Waals surface area contributed by atoms with E-state index in [1.807, 2.05) is 0 Å². The lowest BCUT2D eigenvalue weighted by molar-refractivity contribution is 0.104. The second-order valence-corrected chi connectivity index (χ2v) is 5.33. The van der Waals surface area contributed by atoms with Crippen molar-refractivity contribution >= 4 is 11.7 Å². The van der Waals surface area contributed by atoms with E-state index in [4.69, 9.17) is 4.74 Å². The van der Waals surface area contributed by atoms with Crippen molar-refractivity contribution in [3.63, 3.8) is 0 Å². The molecule has 0 aromatic carbocycles. The number of aliphatic hydroxyl groups excluding tert-OH is 1. The van der Waals surface area contributed by atoms with Crippen LogP contribution in [0, 0.1) is 0 Å². The highest BCUT2D eigenvalue weighted by atomic mass is 32.1. The summed E-state index contributed by atoms with van der Waals surface area (Å²) in [6, 6.07) is 0. The number of rotatable bonds is 8. The fourth-order valence-electron chi connectivity index (χ4n) is 2.11. The van der Waals surface area contributed by atoms with Crippen molar-refractivity contribution in [2.24, 2.45) is 0 Å². The summed E-state index contributed by atoms with van der Waals surface area (Å²) in [5.41, 5.74) is 1.55. The SMILES string of the molecule is OC(CNCCC1=CCCCC1)COc1cnsn1. The molecular formula is C13H21N3O2S. The number of aromatic nitrogens is 2. The minimum Gasteiger partial charge on any atom is -0.473 e. The van der Waals surface area contributed by atoms with Crippen LogP contribution in [0.5, 0.6) is 5.88 Å². The summed E-state index contributed by atoms with van der Waals surface area (Å²) in [5.74, 6) is 0.483. The predicted molar refractivity (Wildman–Crippen MR) is 75.4 cm³/mol. The number of hydrogen-bond donors (Lipinski definition) is 2. The molecule has 106 valence electrons. The first-order valence-electron chi connectivity index (χ1n) is 6.81. The second kappa shape index (κ2) is 8.24. The largest absolute Gasteiger partial charge is 0.473 e. The maximum atomic E-state index is 9.74. The molecule has 2 N–H and O–H groups in total. The van der Waals surface area contributed by atoms with Crippen LogP contribution >= 0.6 is 11.7 Å². The number of aliphatic hydroxyl groups is 1. The Bertz CT molecular complexity index is 381. The van der Waals surface area contributed by atoms with Crippen LogP contribution in [0.25, 0.3) is 0 Å². The minimum atomic E-state index is -0.512. The van der Waals surface area contributed by atoms with Crippen LogP contribution in [0.2, 0.25) is 0 Å². The molecule has 1 aliphatic carbocycles. The molecule has 0 radical (unpaired) electrons. The summed E-state index contributed by atoms with van der Waals surface area (Å²) < 4.78 is 13.0. The van der Waals surface area contributed by atoms with Crippen molar-refractivity contribution < 1.29 is 9.84 Å². The van der Waals surface area contributed by atoms with Crippen LogP contribution in [0.4, 0.5) is 0 Å². The van der Waals surface area contributed by atoms with Crippen molar-refractivity contribution in [3.05, 3.63) is 17.8 Å². The zero-order chi connectivity index (χ0) is 13.3. The Morgan fingerprint density at radius 1 is 1.47 bits per heavy atom. The summed E-state index contributed by atoms with van der Waals surface area (Å²) in [5, 5.41) is 13.0. The quantitative estimate of drug-likeness (QED) is 0.562. The summed E-state index contributed by atoms with van der Waals surface area (Å²) >= 11 is 1.10. The molecule has 2 rings (SSSR count). The third kappa shape index (κ3) is 5.67. The first kappa shape index (κ1) is 14.4. The Balaban J connectivity index is 1.51. The van der Waals surface area contributed by atoms with Crippen LogP contribution in [-0.2, 0) is 0 Å². The van der Waals surface area contributed by atoms with Gasteiger partial charge in [0.1, 0.15) is 18.9 Å². The molecule has 1 atom stereocenters.